The smallest absolute Gasteiger partial charge is 0.124 e. The molecule has 4 heteroatoms. The highest BCUT2D eigenvalue weighted by Gasteiger charge is 2.12. The number of benzene rings is 1. The van der Waals surface area contributed by atoms with Crippen molar-refractivity contribution < 1.29 is 4.39 Å². The molecule has 0 saturated heterocycles. The van der Waals surface area contributed by atoms with Gasteiger partial charge in [-0.3, -0.25) is 11.3 Å². The van der Waals surface area contributed by atoms with Gasteiger partial charge >= 0.3 is 0 Å². The summed E-state index contributed by atoms with van der Waals surface area (Å²) in [4.78, 5) is 1.08. The minimum Gasteiger partial charge on any atom is -0.271 e. The predicted molar refractivity (Wildman–Crippen MR) is 69.9 cm³/mol. The maximum atomic E-state index is 13.1. The second-order valence-electron chi connectivity index (χ2n) is 3.68. The zero-order chi connectivity index (χ0) is 12.3. The minimum atomic E-state index is -0.212. The highest BCUT2D eigenvalue weighted by molar-refractivity contribution is 7.19. The van der Waals surface area contributed by atoms with Crippen LogP contribution in [0.2, 0.25) is 0 Å². The van der Waals surface area contributed by atoms with E-state index in [2.05, 4.69) is 17.3 Å². The van der Waals surface area contributed by atoms with Gasteiger partial charge in [-0.05, 0) is 30.5 Å². The van der Waals surface area contributed by atoms with E-state index in [9.17, 15) is 4.39 Å². The molecule has 2 nitrogen and oxygen atoms in total. The Labute approximate surface area is 104 Å². The van der Waals surface area contributed by atoms with Gasteiger partial charge in [0.05, 0.1) is 6.04 Å². The van der Waals surface area contributed by atoms with Crippen molar-refractivity contribution in [3.05, 3.63) is 35.0 Å². The number of hydrogen-bond donors (Lipinski definition) is 2. The summed E-state index contributed by atoms with van der Waals surface area (Å²) in [7, 11) is 0. The molecule has 0 aliphatic heterocycles. The van der Waals surface area contributed by atoms with Crippen LogP contribution in [0.4, 0.5) is 4.39 Å². The maximum absolute atomic E-state index is 13.1. The molecule has 0 fully saturated rings. The lowest BCUT2D eigenvalue weighted by molar-refractivity contribution is 0.577. The molecule has 2 aromatic rings. The van der Waals surface area contributed by atoms with Crippen LogP contribution in [0.3, 0.4) is 0 Å². The zero-order valence-corrected chi connectivity index (χ0v) is 10.3. The zero-order valence-electron chi connectivity index (χ0n) is 9.46. The van der Waals surface area contributed by atoms with E-state index in [1.165, 1.54) is 6.07 Å². The van der Waals surface area contributed by atoms with Gasteiger partial charge in [-0.2, -0.15) is 0 Å². The second kappa shape index (κ2) is 5.28. The average molecular weight is 248 g/mol. The van der Waals surface area contributed by atoms with Gasteiger partial charge in [0.25, 0.3) is 0 Å². The summed E-state index contributed by atoms with van der Waals surface area (Å²) in [6, 6.07) is 6.83. The molecule has 0 saturated carbocycles. The van der Waals surface area contributed by atoms with Crippen molar-refractivity contribution in [3.8, 4) is 11.8 Å². The van der Waals surface area contributed by atoms with Crippen molar-refractivity contribution >= 4 is 21.4 Å². The molecule has 88 valence electrons. The van der Waals surface area contributed by atoms with Crippen molar-refractivity contribution in [1.29, 1.82) is 0 Å². The summed E-state index contributed by atoms with van der Waals surface area (Å²) in [6.45, 7) is 1.80. The van der Waals surface area contributed by atoms with Gasteiger partial charge in [-0.15, -0.1) is 23.2 Å². The SMILES string of the molecule is CC#CCC(NN)c1cc2ccc(F)cc2s1. The highest BCUT2D eigenvalue weighted by Crippen LogP contribution is 2.31. The van der Waals surface area contributed by atoms with E-state index in [-0.39, 0.29) is 11.9 Å². The Morgan fingerprint density at radius 1 is 1.47 bits per heavy atom. The highest BCUT2D eigenvalue weighted by atomic mass is 32.1. The van der Waals surface area contributed by atoms with Crippen LogP contribution in [0.15, 0.2) is 24.3 Å². The first-order valence-corrected chi connectivity index (χ1v) is 6.11. The lowest BCUT2D eigenvalue weighted by Crippen LogP contribution is -2.26. The van der Waals surface area contributed by atoms with Crippen molar-refractivity contribution in [2.75, 3.05) is 0 Å². The van der Waals surface area contributed by atoms with E-state index in [1.807, 2.05) is 6.07 Å². The lowest BCUT2D eigenvalue weighted by Gasteiger charge is -2.09. The fraction of sp³-hybridized carbons (Fsp3) is 0.231. The molecule has 1 atom stereocenters. The van der Waals surface area contributed by atoms with E-state index >= 15 is 0 Å². The Hall–Kier alpha value is -1.41. The average Bonchev–Trinajstić information content (AvgIpc) is 2.72. The molecule has 0 amide bonds. The van der Waals surface area contributed by atoms with Gasteiger partial charge in [0.2, 0.25) is 0 Å². The first-order valence-electron chi connectivity index (χ1n) is 5.29. The largest absolute Gasteiger partial charge is 0.271 e. The van der Waals surface area contributed by atoms with Crippen LogP contribution in [0, 0.1) is 17.7 Å². The molecule has 1 heterocycles. The fourth-order valence-electron chi connectivity index (χ4n) is 1.64. The Kier molecular flexibility index (Phi) is 3.75. The molecule has 1 unspecified atom stereocenters. The quantitative estimate of drug-likeness (QED) is 0.498. The normalized spacial score (nSPS) is 12.2. The van der Waals surface area contributed by atoms with E-state index < -0.39 is 0 Å². The molecule has 0 spiro atoms. The number of halogens is 1. The summed E-state index contributed by atoms with van der Waals surface area (Å²) in [6.07, 6.45) is 0.655. The molecule has 0 aliphatic carbocycles. The van der Waals surface area contributed by atoms with Crippen molar-refractivity contribution in [2.24, 2.45) is 5.84 Å². The molecule has 0 aliphatic rings. The molecule has 1 aromatic heterocycles. The van der Waals surface area contributed by atoms with Gasteiger partial charge in [0.1, 0.15) is 5.82 Å². The van der Waals surface area contributed by atoms with Gasteiger partial charge in [0, 0.05) is 16.0 Å². The first kappa shape index (κ1) is 12.1. The molecule has 3 N–H and O–H groups in total. The monoisotopic (exact) mass is 248 g/mol. The Bertz CT molecular complexity index is 580. The number of hydrazine groups is 1. The minimum absolute atomic E-state index is 0.00270. The molecular weight excluding hydrogens is 235 g/mol. The third kappa shape index (κ3) is 2.64. The summed E-state index contributed by atoms with van der Waals surface area (Å²) in [5, 5.41) is 1.04. The lowest BCUT2D eigenvalue weighted by atomic mass is 10.1. The Morgan fingerprint density at radius 3 is 3.00 bits per heavy atom. The third-order valence-corrected chi connectivity index (χ3v) is 3.74. The van der Waals surface area contributed by atoms with E-state index in [1.54, 1.807) is 30.4 Å². The second-order valence-corrected chi connectivity index (χ2v) is 4.80. The molecule has 2 rings (SSSR count). The molecule has 1 aromatic carbocycles. The van der Waals surface area contributed by atoms with Gasteiger partial charge in [-0.25, -0.2) is 4.39 Å². The van der Waals surface area contributed by atoms with Crippen molar-refractivity contribution in [3.63, 3.8) is 0 Å². The van der Waals surface area contributed by atoms with Crippen LogP contribution in [0.1, 0.15) is 24.3 Å². The Morgan fingerprint density at radius 2 is 2.29 bits per heavy atom. The van der Waals surface area contributed by atoms with Crippen LogP contribution in [-0.2, 0) is 0 Å². The molecular formula is C13H13FN2S. The predicted octanol–water partition coefficient (Wildman–Crippen LogP) is 2.96. The van der Waals surface area contributed by atoms with Crippen LogP contribution < -0.4 is 11.3 Å². The van der Waals surface area contributed by atoms with Crippen LogP contribution >= 0.6 is 11.3 Å². The maximum Gasteiger partial charge on any atom is 0.124 e. The van der Waals surface area contributed by atoms with Crippen molar-refractivity contribution in [2.45, 2.75) is 19.4 Å². The van der Waals surface area contributed by atoms with Crippen LogP contribution in [-0.4, -0.2) is 0 Å². The number of thiophene rings is 1. The number of rotatable bonds is 3. The number of fused-ring (bicyclic) bond motifs is 1. The molecule has 0 bridgehead atoms. The summed E-state index contributed by atoms with van der Waals surface area (Å²) in [5.41, 5.74) is 2.74. The Balaban J connectivity index is 2.36. The number of nitrogens with one attached hydrogen (secondary N) is 1. The summed E-state index contributed by atoms with van der Waals surface area (Å²) < 4.78 is 14.0. The van der Waals surface area contributed by atoms with Gasteiger partial charge in [0.15, 0.2) is 0 Å². The van der Waals surface area contributed by atoms with E-state index in [0.717, 1.165) is 15.0 Å². The van der Waals surface area contributed by atoms with Crippen LogP contribution in [0.5, 0.6) is 0 Å². The summed E-state index contributed by atoms with van der Waals surface area (Å²) in [5.74, 6) is 11.1. The fourth-order valence-corrected chi connectivity index (χ4v) is 2.79. The van der Waals surface area contributed by atoms with E-state index in [4.69, 9.17) is 5.84 Å². The molecule has 0 radical (unpaired) electrons. The third-order valence-electron chi connectivity index (χ3n) is 2.53. The number of hydrogen-bond acceptors (Lipinski definition) is 3. The van der Waals surface area contributed by atoms with Gasteiger partial charge in [-0.1, -0.05) is 6.07 Å². The first-order chi connectivity index (χ1) is 8.24. The number of nitrogens with two attached hydrogens (primary N) is 1. The topological polar surface area (TPSA) is 38.0 Å². The standard InChI is InChI=1S/C13H13FN2S/c1-2-3-4-11(16-15)13-7-9-5-6-10(14)8-12(9)17-13/h5-8,11,16H,4,15H2,1H3. The molecule has 17 heavy (non-hydrogen) atoms. The van der Waals surface area contributed by atoms with Crippen LogP contribution in [0.25, 0.3) is 10.1 Å². The summed E-state index contributed by atoms with van der Waals surface area (Å²) >= 11 is 1.54. The van der Waals surface area contributed by atoms with Gasteiger partial charge < -0.3 is 0 Å². The van der Waals surface area contributed by atoms with E-state index in [0.29, 0.717) is 6.42 Å². The van der Waals surface area contributed by atoms with Crippen molar-refractivity contribution in [1.82, 2.24) is 5.43 Å².